The van der Waals surface area contributed by atoms with E-state index in [9.17, 15) is 9.59 Å². The van der Waals surface area contributed by atoms with E-state index in [4.69, 9.17) is 0 Å². The number of carbonyl (C=O) groups is 2. The van der Waals surface area contributed by atoms with E-state index in [0.717, 1.165) is 5.01 Å². The van der Waals surface area contributed by atoms with E-state index < -0.39 is 5.41 Å². The second-order valence-corrected chi connectivity index (χ2v) is 7.40. The van der Waals surface area contributed by atoms with Gasteiger partial charge in [-0.25, -0.2) is 9.78 Å². The zero-order valence-corrected chi connectivity index (χ0v) is 15.0. The number of thiazole rings is 1. The molecule has 0 spiro atoms. The normalized spacial score (nSPS) is 12.3. The Bertz CT molecular complexity index is 708. The van der Waals surface area contributed by atoms with Crippen LogP contribution in [0.5, 0.6) is 0 Å². The summed E-state index contributed by atoms with van der Waals surface area (Å²) in [5.41, 5.74) is 0.760. The third-order valence-corrected chi connectivity index (χ3v) is 4.19. The lowest BCUT2D eigenvalue weighted by molar-refractivity contribution is -0.123. The summed E-state index contributed by atoms with van der Waals surface area (Å²) in [5, 5.41) is 11.1. The molecule has 0 aliphatic rings. The molecule has 0 unspecified atom stereocenters. The van der Waals surface area contributed by atoms with Crippen LogP contribution in [0.25, 0.3) is 0 Å². The summed E-state index contributed by atoms with van der Waals surface area (Å²) in [6.07, 6.45) is 1.71. The first-order valence-electron chi connectivity index (χ1n) is 7.64. The van der Waals surface area contributed by atoms with E-state index in [1.807, 2.05) is 33.1 Å². The Morgan fingerprint density at radius 1 is 1.17 bits per heavy atom. The molecule has 1 atom stereocenters. The van der Waals surface area contributed by atoms with Crippen molar-refractivity contribution < 1.29 is 9.59 Å². The van der Waals surface area contributed by atoms with E-state index in [0.29, 0.717) is 11.4 Å². The highest BCUT2D eigenvalue weighted by Crippen LogP contribution is 2.20. The molecule has 3 amide bonds. The number of benzene rings is 1. The molecule has 0 saturated carbocycles. The maximum Gasteiger partial charge on any atom is 0.319 e. The first-order chi connectivity index (χ1) is 11.3. The fourth-order valence-corrected chi connectivity index (χ4v) is 2.51. The van der Waals surface area contributed by atoms with Gasteiger partial charge in [0.2, 0.25) is 5.91 Å². The van der Waals surface area contributed by atoms with Crippen LogP contribution in [0.1, 0.15) is 38.7 Å². The van der Waals surface area contributed by atoms with Crippen LogP contribution in [0.3, 0.4) is 0 Å². The number of rotatable bonds is 4. The predicted octanol–water partition coefficient (Wildman–Crippen LogP) is 4.01. The highest BCUT2D eigenvalue weighted by atomic mass is 32.1. The number of aromatic nitrogens is 1. The van der Waals surface area contributed by atoms with Crippen molar-refractivity contribution in [1.29, 1.82) is 0 Å². The van der Waals surface area contributed by atoms with Crippen LogP contribution in [0, 0.1) is 5.41 Å². The Kier molecular flexibility index (Phi) is 5.56. The molecule has 0 fully saturated rings. The third-order valence-electron chi connectivity index (χ3n) is 3.23. The van der Waals surface area contributed by atoms with Gasteiger partial charge in [0.15, 0.2) is 0 Å². The Morgan fingerprint density at radius 3 is 2.42 bits per heavy atom. The van der Waals surface area contributed by atoms with Crippen molar-refractivity contribution in [2.24, 2.45) is 5.41 Å². The highest BCUT2D eigenvalue weighted by Gasteiger charge is 2.21. The molecule has 0 aliphatic carbocycles. The van der Waals surface area contributed by atoms with Crippen molar-refractivity contribution in [3.63, 3.8) is 0 Å². The van der Waals surface area contributed by atoms with Crippen molar-refractivity contribution in [1.82, 2.24) is 10.3 Å². The minimum absolute atomic E-state index is 0.0820. The van der Waals surface area contributed by atoms with Crippen LogP contribution < -0.4 is 16.0 Å². The van der Waals surface area contributed by atoms with E-state index in [1.54, 1.807) is 30.5 Å². The number of carbonyl (C=O) groups excluding carboxylic acids is 2. The summed E-state index contributed by atoms with van der Waals surface area (Å²) < 4.78 is 0. The first-order valence-corrected chi connectivity index (χ1v) is 8.52. The SMILES string of the molecule is C[C@H](NC(=O)Nc1cccc(NC(=O)C(C)(C)C)c1)c1nccs1. The van der Waals surface area contributed by atoms with Gasteiger partial charge in [-0.15, -0.1) is 11.3 Å². The average molecular weight is 346 g/mol. The van der Waals surface area contributed by atoms with Crippen molar-refractivity contribution in [2.75, 3.05) is 10.6 Å². The molecule has 1 aromatic carbocycles. The molecule has 3 N–H and O–H groups in total. The second-order valence-electron chi connectivity index (χ2n) is 6.48. The molecular formula is C17H22N4O2S. The maximum absolute atomic E-state index is 12.1. The van der Waals surface area contributed by atoms with E-state index in [1.165, 1.54) is 11.3 Å². The topological polar surface area (TPSA) is 83.1 Å². The summed E-state index contributed by atoms with van der Waals surface area (Å²) in [4.78, 5) is 28.3. The molecule has 6 nitrogen and oxygen atoms in total. The highest BCUT2D eigenvalue weighted by molar-refractivity contribution is 7.09. The van der Waals surface area contributed by atoms with Gasteiger partial charge in [0, 0.05) is 28.4 Å². The molecule has 2 aromatic rings. The molecule has 128 valence electrons. The molecule has 1 heterocycles. The lowest BCUT2D eigenvalue weighted by Crippen LogP contribution is -2.31. The van der Waals surface area contributed by atoms with Gasteiger partial charge in [-0.3, -0.25) is 4.79 Å². The maximum atomic E-state index is 12.1. The smallest absolute Gasteiger partial charge is 0.319 e. The van der Waals surface area contributed by atoms with Crippen LogP contribution in [-0.2, 0) is 4.79 Å². The summed E-state index contributed by atoms with van der Waals surface area (Å²) in [6.45, 7) is 7.41. The van der Waals surface area contributed by atoms with Gasteiger partial charge >= 0.3 is 6.03 Å². The van der Waals surface area contributed by atoms with Crippen molar-refractivity contribution in [3.05, 3.63) is 40.8 Å². The summed E-state index contributed by atoms with van der Waals surface area (Å²) in [7, 11) is 0. The number of hydrogen-bond acceptors (Lipinski definition) is 4. The first kappa shape index (κ1) is 17.9. The number of urea groups is 1. The van der Waals surface area contributed by atoms with Gasteiger partial charge in [0.1, 0.15) is 5.01 Å². The monoisotopic (exact) mass is 346 g/mol. The Morgan fingerprint density at radius 2 is 1.83 bits per heavy atom. The van der Waals surface area contributed by atoms with Crippen LogP contribution >= 0.6 is 11.3 Å². The summed E-state index contributed by atoms with van der Waals surface area (Å²) in [6, 6.07) is 6.55. The molecule has 0 aliphatic heterocycles. The molecular weight excluding hydrogens is 324 g/mol. The molecule has 24 heavy (non-hydrogen) atoms. The number of nitrogens with one attached hydrogen (secondary N) is 3. The van der Waals surface area contributed by atoms with Crippen LogP contribution in [-0.4, -0.2) is 16.9 Å². The lowest BCUT2D eigenvalue weighted by atomic mass is 9.95. The summed E-state index contributed by atoms with van der Waals surface area (Å²) >= 11 is 1.49. The fourth-order valence-electron chi connectivity index (χ4n) is 1.87. The lowest BCUT2D eigenvalue weighted by Gasteiger charge is -2.18. The molecule has 2 rings (SSSR count). The van der Waals surface area contributed by atoms with Crippen LogP contribution in [0.4, 0.5) is 16.2 Å². The van der Waals surface area contributed by atoms with Gasteiger partial charge < -0.3 is 16.0 Å². The molecule has 7 heteroatoms. The fraction of sp³-hybridized carbons (Fsp3) is 0.353. The zero-order valence-electron chi connectivity index (χ0n) is 14.2. The van der Waals surface area contributed by atoms with Gasteiger partial charge in [-0.1, -0.05) is 26.8 Å². The number of amides is 3. The predicted molar refractivity (Wildman–Crippen MR) is 97.2 cm³/mol. The van der Waals surface area contributed by atoms with E-state index in [-0.39, 0.29) is 18.0 Å². The average Bonchev–Trinajstić information content (AvgIpc) is 3.00. The largest absolute Gasteiger partial charge is 0.329 e. The number of anilines is 2. The molecule has 0 radical (unpaired) electrons. The van der Waals surface area contributed by atoms with Crippen LogP contribution in [0.15, 0.2) is 35.8 Å². The second kappa shape index (κ2) is 7.44. The Hall–Kier alpha value is -2.41. The molecule has 0 saturated heterocycles. The quantitative estimate of drug-likeness (QED) is 0.782. The van der Waals surface area contributed by atoms with E-state index >= 15 is 0 Å². The number of nitrogens with zero attached hydrogens (tertiary/aromatic N) is 1. The van der Waals surface area contributed by atoms with Gasteiger partial charge in [-0.05, 0) is 25.1 Å². The number of hydrogen-bond donors (Lipinski definition) is 3. The molecule has 1 aromatic heterocycles. The van der Waals surface area contributed by atoms with Crippen LogP contribution in [0.2, 0.25) is 0 Å². The summed E-state index contributed by atoms with van der Waals surface area (Å²) in [5.74, 6) is -0.0820. The minimum Gasteiger partial charge on any atom is -0.329 e. The zero-order chi connectivity index (χ0) is 17.7. The Labute approximate surface area is 145 Å². The van der Waals surface area contributed by atoms with Crippen molar-refractivity contribution in [3.8, 4) is 0 Å². The molecule has 0 bridgehead atoms. The van der Waals surface area contributed by atoms with Crippen molar-refractivity contribution in [2.45, 2.75) is 33.7 Å². The van der Waals surface area contributed by atoms with Gasteiger partial charge in [0.25, 0.3) is 0 Å². The Balaban J connectivity index is 1.96. The van der Waals surface area contributed by atoms with Gasteiger partial charge in [0.05, 0.1) is 6.04 Å². The minimum atomic E-state index is -0.482. The van der Waals surface area contributed by atoms with E-state index in [2.05, 4.69) is 20.9 Å². The van der Waals surface area contributed by atoms with Gasteiger partial charge in [-0.2, -0.15) is 0 Å². The van der Waals surface area contributed by atoms with Crippen molar-refractivity contribution >= 4 is 34.6 Å². The third kappa shape index (κ3) is 5.06. The standard InChI is InChI=1S/C17H22N4O2S/c1-11(14-18-8-9-24-14)19-16(23)21-13-7-5-6-12(10-13)20-15(22)17(2,3)4/h5-11H,1-4H3,(H,20,22)(H2,19,21,23)/t11-/m0/s1.